The van der Waals surface area contributed by atoms with Crippen LogP contribution in [0.5, 0.6) is 0 Å². The standard InChI is InChI=1S/C22H48P2.2ClH.Pt/c1-19(2,3)15-23(16-20(4,5)6)13-14-24(17-21(7,8)9)18-22(10,11)12;;;/h13-18H2,1-12H3;2*1H;/q;;;+2/p-2. The second-order valence-corrected chi connectivity index (χ2v) is 20.8. The Morgan fingerprint density at radius 3 is 0.741 bits per heavy atom. The van der Waals surface area contributed by atoms with Crippen LogP contribution in [0.4, 0.5) is 0 Å². The molecule has 0 aliphatic rings. The quantitative estimate of drug-likeness (QED) is 0.243. The monoisotopic (exact) mass is 639 g/mol. The molecule has 0 atom stereocenters. The van der Waals surface area contributed by atoms with Crippen LogP contribution in [-0.2, 0) is 16.5 Å². The predicted molar refractivity (Wildman–Crippen MR) is 133 cm³/mol. The van der Waals surface area contributed by atoms with Crippen LogP contribution in [0.15, 0.2) is 0 Å². The van der Waals surface area contributed by atoms with Gasteiger partial charge in [-0.15, -0.1) is 15.8 Å². The topological polar surface area (TPSA) is 0 Å². The first kappa shape index (κ1) is 31.3. The maximum atomic E-state index is 4.88. The van der Waals surface area contributed by atoms with Gasteiger partial charge in [0.2, 0.25) is 0 Å². The third kappa shape index (κ3) is 26.1. The van der Waals surface area contributed by atoms with Crippen molar-refractivity contribution in [3.63, 3.8) is 0 Å². The SMILES string of the molecule is CC(C)(C)CP(CCP(CC(C)(C)C)CC(C)(C)C)CC(C)(C)C.[Cl][Pt][Cl]. The summed E-state index contributed by atoms with van der Waals surface area (Å²) in [6.45, 7) is 29.1. The van der Waals surface area contributed by atoms with Crippen LogP contribution in [0.1, 0.15) is 83.1 Å². The third-order valence-corrected chi connectivity index (χ3v) is 11.2. The van der Waals surface area contributed by atoms with E-state index in [-0.39, 0.29) is 15.8 Å². The minimum absolute atomic E-state index is 0.164. The third-order valence-electron chi connectivity index (χ3n) is 3.52. The summed E-state index contributed by atoms with van der Waals surface area (Å²) in [4.78, 5) is 0. The molecule has 0 radical (unpaired) electrons. The van der Waals surface area contributed by atoms with Gasteiger partial charge in [0.15, 0.2) is 0 Å². The fraction of sp³-hybridized carbons (Fsp3) is 1.00. The zero-order valence-electron chi connectivity index (χ0n) is 20.2. The average Bonchev–Trinajstić information content (AvgIpc) is 2.28. The Balaban J connectivity index is 0. The van der Waals surface area contributed by atoms with Crippen LogP contribution in [0.2, 0.25) is 0 Å². The number of hydrogen-bond acceptors (Lipinski definition) is 0. The van der Waals surface area contributed by atoms with Crippen LogP contribution < -0.4 is 0 Å². The van der Waals surface area contributed by atoms with Gasteiger partial charge in [-0.2, -0.15) is 0 Å². The second-order valence-electron chi connectivity index (χ2n) is 12.7. The van der Waals surface area contributed by atoms with E-state index in [1.807, 2.05) is 0 Å². The summed E-state index contributed by atoms with van der Waals surface area (Å²) >= 11 is -0.472. The van der Waals surface area contributed by atoms with E-state index >= 15 is 0 Å². The van der Waals surface area contributed by atoms with Gasteiger partial charge in [0.1, 0.15) is 0 Å². The molecule has 0 bridgehead atoms. The van der Waals surface area contributed by atoms with Gasteiger partial charge in [0.25, 0.3) is 0 Å². The fourth-order valence-corrected chi connectivity index (χ4v) is 11.9. The molecule has 0 aliphatic carbocycles. The van der Waals surface area contributed by atoms with Crippen molar-refractivity contribution in [1.29, 1.82) is 0 Å². The van der Waals surface area contributed by atoms with E-state index in [1.165, 1.54) is 37.0 Å². The van der Waals surface area contributed by atoms with Gasteiger partial charge in [0, 0.05) is 0 Å². The van der Waals surface area contributed by atoms with Crippen LogP contribution in [-0.4, -0.2) is 37.0 Å². The van der Waals surface area contributed by atoms with E-state index in [0.29, 0.717) is 21.7 Å². The zero-order chi connectivity index (χ0) is 22.1. The predicted octanol–water partition coefficient (Wildman–Crippen LogP) is 9.51. The molecular weight excluding hydrogens is 592 g/mol. The van der Waals surface area contributed by atoms with Crippen molar-refractivity contribution in [2.24, 2.45) is 21.7 Å². The molecule has 0 unspecified atom stereocenters. The summed E-state index contributed by atoms with van der Waals surface area (Å²) in [6, 6.07) is 0. The van der Waals surface area contributed by atoms with E-state index in [2.05, 4.69) is 83.1 Å². The zero-order valence-corrected chi connectivity index (χ0v) is 25.8. The van der Waals surface area contributed by atoms with Crippen molar-refractivity contribution < 1.29 is 16.5 Å². The molecular formula is C22H48Cl2P2Pt. The van der Waals surface area contributed by atoms with Gasteiger partial charge in [-0.25, -0.2) is 0 Å². The Bertz CT molecular complexity index is 306. The number of hydrogen-bond donors (Lipinski definition) is 0. The Morgan fingerprint density at radius 2 is 0.630 bits per heavy atom. The van der Waals surface area contributed by atoms with Crippen molar-refractivity contribution >= 4 is 34.7 Å². The van der Waals surface area contributed by atoms with E-state index in [4.69, 9.17) is 18.8 Å². The van der Waals surface area contributed by atoms with Gasteiger partial charge in [-0.05, 0) is 58.6 Å². The summed E-state index contributed by atoms with van der Waals surface area (Å²) in [5, 5.41) is 0. The van der Waals surface area contributed by atoms with E-state index < -0.39 is 16.5 Å². The Morgan fingerprint density at radius 1 is 0.481 bits per heavy atom. The van der Waals surface area contributed by atoms with Gasteiger partial charge in [-0.3, -0.25) is 0 Å². The van der Waals surface area contributed by atoms with Crippen molar-refractivity contribution in [1.82, 2.24) is 0 Å². The molecule has 170 valence electrons. The van der Waals surface area contributed by atoms with Gasteiger partial charge >= 0.3 is 35.3 Å². The first-order valence-corrected chi connectivity index (χ1v) is 19.5. The molecule has 0 aromatic carbocycles. The van der Waals surface area contributed by atoms with Crippen molar-refractivity contribution in [2.45, 2.75) is 83.1 Å². The molecule has 0 saturated carbocycles. The molecule has 0 N–H and O–H groups in total. The van der Waals surface area contributed by atoms with E-state index in [0.717, 1.165) is 0 Å². The summed E-state index contributed by atoms with van der Waals surface area (Å²) in [5.74, 6) is 0. The van der Waals surface area contributed by atoms with Crippen LogP contribution in [0, 0.1) is 21.7 Å². The number of halogens is 2. The molecule has 0 saturated heterocycles. The summed E-state index contributed by atoms with van der Waals surface area (Å²) in [5.41, 5.74) is 1.92. The van der Waals surface area contributed by atoms with Crippen molar-refractivity contribution in [3.8, 4) is 0 Å². The molecule has 0 aromatic heterocycles. The van der Waals surface area contributed by atoms with E-state index in [1.54, 1.807) is 0 Å². The summed E-state index contributed by atoms with van der Waals surface area (Å²) < 4.78 is 0. The van der Waals surface area contributed by atoms with Crippen LogP contribution in [0.3, 0.4) is 0 Å². The molecule has 27 heavy (non-hydrogen) atoms. The first-order valence-electron chi connectivity index (χ1n) is 10.1. The Hall–Kier alpha value is 2.13. The van der Waals surface area contributed by atoms with Gasteiger partial charge < -0.3 is 0 Å². The van der Waals surface area contributed by atoms with Crippen molar-refractivity contribution in [3.05, 3.63) is 0 Å². The molecule has 0 heterocycles. The molecule has 0 aromatic rings. The first-order chi connectivity index (χ1) is 11.8. The van der Waals surface area contributed by atoms with Crippen molar-refractivity contribution in [2.75, 3.05) is 37.0 Å². The number of rotatable bonds is 7. The molecule has 0 amide bonds. The molecule has 0 fully saturated rings. The molecule has 0 spiro atoms. The Kier molecular flexibility index (Phi) is 15.7. The van der Waals surface area contributed by atoms with E-state index in [9.17, 15) is 0 Å². The normalized spacial score (nSPS) is 13.9. The summed E-state index contributed by atoms with van der Waals surface area (Å²) in [6.07, 6.45) is 8.76. The molecule has 0 rings (SSSR count). The van der Waals surface area contributed by atoms with Gasteiger partial charge in [0.05, 0.1) is 0 Å². The molecule has 0 aliphatic heterocycles. The molecule has 5 heteroatoms. The average molecular weight is 641 g/mol. The Labute approximate surface area is 192 Å². The maximum absolute atomic E-state index is 4.88. The molecule has 0 nitrogen and oxygen atoms in total. The summed E-state index contributed by atoms with van der Waals surface area (Å²) in [7, 11) is 10.1. The van der Waals surface area contributed by atoms with Crippen LogP contribution >= 0.6 is 34.7 Å². The van der Waals surface area contributed by atoms with Gasteiger partial charge in [-0.1, -0.05) is 83.1 Å². The van der Waals surface area contributed by atoms with Crippen LogP contribution in [0.25, 0.3) is 0 Å². The second kappa shape index (κ2) is 13.5. The minimum atomic E-state index is -0.472. The fourth-order valence-electron chi connectivity index (χ4n) is 3.39.